The smallest absolute Gasteiger partial charge is 0.413 e. The lowest BCUT2D eigenvalue weighted by molar-refractivity contribution is 0.172. The molecule has 1 aromatic rings. The molecule has 0 fully saturated rings. The van der Waals surface area contributed by atoms with E-state index in [-0.39, 0.29) is 12.8 Å². The van der Waals surface area contributed by atoms with Crippen molar-refractivity contribution in [2.75, 3.05) is 27.5 Å². The van der Waals surface area contributed by atoms with Crippen molar-refractivity contribution in [3.05, 3.63) is 23.8 Å². The third-order valence-corrected chi connectivity index (χ3v) is 3.40. The number of benzene rings is 1. The number of carbonyl (C=O) groups is 1. The minimum atomic E-state index is -0.533. The molecule has 1 N–H and O–H groups in total. The molecule has 3 rings (SSSR count). The SMILES string of the molecule is COC(=O)NC1=NCC(c2cccc3c2OCO3)N1C. The standard InChI is InChI=1S/C13H15N3O4/c1-16-9(6-14-12(16)15-13(17)18-2)8-4-3-5-10-11(8)20-7-19-10/h3-5,9H,6-7H2,1-2H3,(H,14,15,17). The van der Waals surface area contributed by atoms with Gasteiger partial charge in [-0.05, 0) is 6.07 Å². The topological polar surface area (TPSA) is 72.4 Å². The Kier molecular flexibility index (Phi) is 3.09. The van der Waals surface area contributed by atoms with Crippen molar-refractivity contribution in [1.82, 2.24) is 10.2 Å². The van der Waals surface area contributed by atoms with Gasteiger partial charge in [0, 0.05) is 12.6 Å². The number of fused-ring (bicyclic) bond motifs is 1. The fourth-order valence-corrected chi connectivity index (χ4v) is 2.35. The molecule has 7 heteroatoms. The van der Waals surface area contributed by atoms with Gasteiger partial charge in [-0.1, -0.05) is 12.1 Å². The van der Waals surface area contributed by atoms with Crippen molar-refractivity contribution in [2.45, 2.75) is 6.04 Å². The number of amides is 1. The summed E-state index contributed by atoms with van der Waals surface area (Å²) >= 11 is 0. The third kappa shape index (κ3) is 2.01. The average molecular weight is 277 g/mol. The van der Waals surface area contributed by atoms with E-state index in [0.717, 1.165) is 17.1 Å². The highest BCUT2D eigenvalue weighted by molar-refractivity contribution is 5.95. The number of nitrogens with one attached hydrogen (secondary N) is 1. The highest BCUT2D eigenvalue weighted by Crippen LogP contribution is 2.40. The van der Waals surface area contributed by atoms with Crippen LogP contribution in [0.4, 0.5) is 4.79 Å². The Morgan fingerprint density at radius 1 is 1.50 bits per heavy atom. The fourth-order valence-electron chi connectivity index (χ4n) is 2.35. The maximum atomic E-state index is 11.3. The summed E-state index contributed by atoms with van der Waals surface area (Å²) in [4.78, 5) is 17.5. The maximum Gasteiger partial charge on any atom is 0.413 e. The maximum absolute atomic E-state index is 11.3. The quantitative estimate of drug-likeness (QED) is 0.832. The van der Waals surface area contributed by atoms with Crippen LogP contribution >= 0.6 is 0 Å². The summed E-state index contributed by atoms with van der Waals surface area (Å²) in [7, 11) is 3.18. The number of hydrogen-bond donors (Lipinski definition) is 1. The number of alkyl carbamates (subject to hydrolysis) is 1. The Morgan fingerprint density at radius 3 is 3.15 bits per heavy atom. The molecule has 1 aromatic carbocycles. The Balaban J connectivity index is 1.81. The Hall–Kier alpha value is -2.44. The van der Waals surface area contributed by atoms with Gasteiger partial charge >= 0.3 is 6.09 Å². The summed E-state index contributed by atoms with van der Waals surface area (Å²) in [5.74, 6) is 1.97. The molecule has 0 aliphatic carbocycles. The Labute approximate surface area is 116 Å². The van der Waals surface area contributed by atoms with Crippen molar-refractivity contribution in [1.29, 1.82) is 0 Å². The van der Waals surface area contributed by atoms with E-state index in [1.165, 1.54) is 7.11 Å². The molecule has 2 aliphatic rings. The number of nitrogens with zero attached hydrogens (tertiary/aromatic N) is 2. The van der Waals surface area contributed by atoms with Gasteiger partial charge in [0.05, 0.1) is 19.7 Å². The van der Waals surface area contributed by atoms with E-state index in [2.05, 4.69) is 15.0 Å². The molecule has 0 saturated carbocycles. The number of rotatable bonds is 1. The first kappa shape index (κ1) is 12.6. The van der Waals surface area contributed by atoms with E-state index < -0.39 is 6.09 Å². The van der Waals surface area contributed by atoms with Gasteiger partial charge in [0.2, 0.25) is 12.8 Å². The number of guanidine groups is 1. The van der Waals surface area contributed by atoms with Crippen LogP contribution in [0.5, 0.6) is 11.5 Å². The molecule has 1 atom stereocenters. The Bertz CT molecular complexity index is 573. The van der Waals surface area contributed by atoms with Crippen molar-refractivity contribution < 1.29 is 19.0 Å². The summed E-state index contributed by atoms with van der Waals surface area (Å²) in [5.41, 5.74) is 0.993. The molecule has 2 aliphatic heterocycles. The number of likely N-dealkylation sites (N-methyl/N-ethyl adjacent to an activating group) is 1. The summed E-state index contributed by atoms with van der Waals surface area (Å²) in [5, 5.41) is 2.59. The van der Waals surface area contributed by atoms with Gasteiger partial charge in [-0.25, -0.2) is 4.79 Å². The molecule has 1 amide bonds. The first-order valence-electron chi connectivity index (χ1n) is 6.21. The fraction of sp³-hybridized carbons (Fsp3) is 0.385. The zero-order valence-corrected chi connectivity index (χ0v) is 11.3. The van der Waals surface area contributed by atoms with Gasteiger partial charge in [0.15, 0.2) is 11.5 Å². The molecule has 20 heavy (non-hydrogen) atoms. The number of carbonyl (C=O) groups excluding carboxylic acids is 1. The Morgan fingerprint density at radius 2 is 2.35 bits per heavy atom. The molecule has 0 saturated heterocycles. The van der Waals surface area contributed by atoms with Crippen LogP contribution in [0.2, 0.25) is 0 Å². The van der Waals surface area contributed by atoms with Gasteiger partial charge in [0.25, 0.3) is 0 Å². The van der Waals surface area contributed by atoms with Gasteiger partial charge < -0.3 is 19.1 Å². The highest BCUT2D eigenvalue weighted by Gasteiger charge is 2.31. The van der Waals surface area contributed by atoms with Crippen LogP contribution < -0.4 is 14.8 Å². The summed E-state index contributed by atoms with van der Waals surface area (Å²) in [6, 6.07) is 5.77. The van der Waals surface area contributed by atoms with E-state index in [1.807, 2.05) is 30.1 Å². The zero-order chi connectivity index (χ0) is 14.1. The molecule has 1 unspecified atom stereocenters. The number of hydrogen-bond acceptors (Lipinski definition) is 6. The van der Waals surface area contributed by atoms with E-state index in [9.17, 15) is 4.79 Å². The molecule has 2 heterocycles. The summed E-state index contributed by atoms with van der Waals surface area (Å²) in [6.07, 6.45) is -0.533. The van der Waals surface area contributed by atoms with E-state index in [4.69, 9.17) is 9.47 Å². The molecule has 7 nitrogen and oxygen atoms in total. The summed E-state index contributed by atoms with van der Waals surface area (Å²) < 4.78 is 15.5. The first-order chi connectivity index (χ1) is 9.70. The molecular weight excluding hydrogens is 262 g/mol. The summed E-state index contributed by atoms with van der Waals surface area (Å²) in [6.45, 7) is 0.770. The normalized spacial score (nSPS) is 19.8. The molecule has 0 radical (unpaired) electrons. The van der Waals surface area contributed by atoms with E-state index >= 15 is 0 Å². The average Bonchev–Trinajstić information content (AvgIpc) is 3.06. The number of ether oxygens (including phenoxy) is 3. The van der Waals surface area contributed by atoms with Crippen molar-refractivity contribution in [3.63, 3.8) is 0 Å². The number of methoxy groups -OCH3 is 1. The van der Waals surface area contributed by atoms with Gasteiger partial charge in [-0.2, -0.15) is 0 Å². The second kappa shape index (κ2) is 4.92. The predicted molar refractivity (Wildman–Crippen MR) is 70.9 cm³/mol. The molecule has 0 aromatic heterocycles. The van der Waals surface area contributed by atoms with E-state index in [0.29, 0.717) is 12.5 Å². The molecule has 0 spiro atoms. The van der Waals surface area contributed by atoms with E-state index in [1.54, 1.807) is 0 Å². The van der Waals surface area contributed by atoms with Crippen LogP contribution in [0.15, 0.2) is 23.2 Å². The van der Waals surface area contributed by atoms with Crippen LogP contribution in [0, 0.1) is 0 Å². The first-order valence-corrected chi connectivity index (χ1v) is 6.21. The minimum Gasteiger partial charge on any atom is -0.454 e. The number of aliphatic imine (C=N–C) groups is 1. The molecule has 106 valence electrons. The van der Waals surface area contributed by atoms with Crippen LogP contribution in [0.25, 0.3) is 0 Å². The highest BCUT2D eigenvalue weighted by atomic mass is 16.7. The largest absolute Gasteiger partial charge is 0.454 e. The second-order valence-corrected chi connectivity index (χ2v) is 4.49. The molecule has 0 bridgehead atoms. The second-order valence-electron chi connectivity index (χ2n) is 4.49. The minimum absolute atomic E-state index is 0.00111. The monoisotopic (exact) mass is 277 g/mol. The van der Waals surface area contributed by atoms with Crippen LogP contribution in [-0.4, -0.2) is 44.4 Å². The van der Waals surface area contributed by atoms with Crippen LogP contribution in [0.1, 0.15) is 11.6 Å². The zero-order valence-electron chi connectivity index (χ0n) is 11.3. The number of para-hydroxylation sites is 1. The van der Waals surface area contributed by atoms with Crippen molar-refractivity contribution >= 4 is 12.1 Å². The van der Waals surface area contributed by atoms with Gasteiger partial charge in [0.1, 0.15) is 0 Å². The van der Waals surface area contributed by atoms with Crippen LogP contribution in [-0.2, 0) is 4.74 Å². The van der Waals surface area contributed by atoms with Crippen molar-refractivity contribution in [2.24, 2.45) is 4.99 Å². The lowest BCUT2D eigenvalue weighted by Crippen LogP contribution is -2.40. The van der Waals surface area contributed by atoms with Gasteiger partial charge in [-0.15, -0.1) is 0 Å². The third-order valence-electron chi connectivity index (χ3n) is 3.40. The van der Waals surface area contributed by atoms with Crippen molar-refractivity contribution in [3.8, 4) is 11.5 Å². The van der Waals surface area contributed by atoms with Crippen LogP contribution in [0.3, 0.4) is 0 Å². The predicted octanol–water partition coefficient (Wildman–Crippen LogP) is 1.11. The van der Waals surface area contributed by atoms with Gasteiger partial charge in [-0.3, -0.25) is 10.3 Å². The lowest BCUT2D eigenvalue weighted by Gasteiger charge is -2.24. The lowest BCUT2D eigenvalue weighted by atomic mass is 10.1. The molecular formula is C13H15N3O4.